The molecular weight excluding hydrogens is 283 g/mol. The molecule has 0 radical (unpaired) electrons. The zero-order valence-electron chi connectivity index (χ0n) is 7.63. The van der Waals surface area contributed by atoms with Crippen LogP contribution >= 0.6 is 27.5 Å². The minimum atomic E-state index is -1.04. The molecule has 6 heteroatoms. The lowest BCUT2D eigenvalue weighted by Crippen LogP contribution is -2.05. The highest BCUT2D eigenvalue weighted by Crippen LogP contribution is 2.15. The minimum Gasteiger partial charge on any atom is -0.478 e. The molecule has 0 fully saturated rings. The van der Waals surface area contributed by atoms with E-state index < -0.39 is 5.97 Å². The molecule has 0 unspecified atom stereocenters. The highest BCUT2D eigenvalue weighted by Gasteiger charge is 2.07. The summed E-state index contributed by atoms with van der Waals surface area (Å²) in [5.41, 5.74) is 0.0951. The van der Waals surface area contributed by atoms with Gasteiger partial charge < -0.3 is 10.4 Å². The van der Waals surface area contributed by atoms with Crippen molar-refractivity contribution in [1.82, 2.24) is 4.98 Å². The van der Waals surface area contributed by atoms with Crippen molar-refractivity contribution in [3.63, 3.8) is 0 Å². The van der Waals surface area contributed by atoms with E-state index in [-0.39, 0.29) is 10.7 Å². The van der Waals surface area contributed by atoms with Crippen molar-refractivity contribution in [1.29, 1.82) is 0 Å². The molecule has 15 heavy (non-hydrogen) atoms. The molecule has 0 amide bonds. The van der Waals surface area contributed by atoms with Crippen LogP contribution in [-0.2, 0) is 0 Å². The topological polar surface area (TPSA) is 62.2 Å². The van der Waals surface area contributed by atoms with Crippen molar-refractivity contribution in [2.45, 2.75) is 0 Å². The Morgan fingerprint density at radius 3 is 2.87 bits per heavy atom. The molecule has 0 saturated heterocycles. The number of hydrogen-bond acceptors (Lipinski definition) is 3. The van der Waals surface area contributed by atoms with E-state index in [4.69, 9.17) is 16.7 Å². The Kier molecular flexibility index (Phi) is 4.11. The van der Waals surface area contributed by atoms with E-state index in [1.807, 2.05) is 0 Å². The number of rotatable bonds is 4. The van der Waals surface area contributed by atoms with Crippen LogP contribution in [0.3, 0.4) is 0 Å². The highest BCUT2D eigenvalue weighted by molar-refractivity contribution is 9.11. The van der Waals surface area contributed by atoms with Gasteiger partial charge in [0.05, 0.1) is 5.56 Å². The van der Waals surface area contributed by atoms with Crippen LogP contribution in [0.15, 0.2) is 23.2 Å². The smallest absolute Gasteiger partial charge is 0.335 e. The lowest BCUT2D eigenvalue weighted by atomic mass is 10.2. The van der Waals surface area contributed by atoms with Crippen LogP contribution < -0.4 is 5.32 Å². The predicted octanol–water partition coefficient (Wildman–Crippen LogP) is 2.75. The van der Waals surface area contributed by atoms with Crippen LogP contribution in [-0.4, -0.2) is 22.6 Å². The largest absolute Gasteiger partial charge is 0.478 e. The summed E-state index contributed by atoms with van der Waals surface area (Å²) in [6, 6.07) is 2.70. The average Bonchev–Trinajstić information content (AvgIpc) is 2.13. The van der Waals surface area contributed by atoms with Crippen molar-refractivity contribution in [2.24, 2.45) is 0 Å². The summed E-state index contributed by atoms with van der Waals surface area (Å²) in [6.07, 6.45) is 0. The molecule has 0 saturated carbocycles. The number of nitrogens with one attached hydrogen (secondary N) is 1. The second-order valence-corrected chi connectivity index (χ2v) is 4.25. The molecule has 0 aliphatic heterocycles. The Labute approximate surface area is 100 Å². The number of carbonyl (C=O) groups is 1. The molecule has 80 valence electrons. The summed E-state index contributed by atoms with van der Waals surface area (Å²) >= 11 is 8.82. The molecule has 0 atom stereocenters. The van der Waals surface area contributed by atoms with Crippen molar-refractivity contribution < 1.29 is 9.90 Å². The van der Waals surface area contributed by atoms with Crippen LogP contribution in [0.1, 0.15) is 10.4 Å². The fourth-order valence-electron chi connectivity index (χ4n) is 0.897. The molecule has 1 heterocycles. The van der Waals surface area contributed by atoms with Gasteiger partial charge in [-0.1, -0.05) is 34.1 Å². The maximum absolute atomic E-state index is 10.7. The summed E-state index contributed by atoms with van der Waals surface area (Å²) in [5, 5.41) is 11.8. The van der Waals surface area contributed by atoms with Crippen molar-refractivity contribution in [3.05, 3.63) is 33.9 Å². The van der Waals surface area contributed by atoms with Gasteiger partial charge in [-0.15, -0.1) is 0 Å². The van der Waals surface area contributed by atoms with Gasteiger partial charge >= 0.3 is 5.97 Å². The molecule has 1 aromatic heterocycles. The molecule has 4 nitrogen and oxygen atoms in total. The van der Waals surface area contributed by atoms with Crippen LogP contribution in [0.4, 0.5) is 5.82 Å². The molecule has 0 spiro atoms. The first-order valence-electron chi connectivity index (χ1n) is 3.97. The first-order chi connectivity index (χ1) is 6.99. The van der Waals surface area contributed by atoms with E-state index in [0.717, 1.165) is 4.48 Å². The Morgan fingerprint density at radius 2 is 2.33 bits per heavy atom. The first kappa shape index (κ1) is 12.0. The highest BCUT2D eigenvalue weighted by atomic mass is 79.9. The fourth-order valence-corrected chi connectivity index (χ4v) is 1.25. The van der Waals surface area contributed by atoms with E-state index in [1.54, 1.807) is 0 Å². The van der Waals surface area contributed by atoms with Gasteiger partial charge in [-0.25, -0.2) is 9.78 Å². The molecule has 0 aliphatic carbocycles. The normalized spacial score (nSPS) is 9.73. The Hall–Kier alpha value is -1.07. The zero-order chi connectivity index (χ0) is 11.4. The number of pyridine rings is 1. The summed E-state index contributed by atoms with van der Waals surface area (Å²) in [5.74, 6) is -0.638. The van der Waals surface area contributed by atoms with Crippen LogP contribution in [0, 0.1) is 0 Å². The number of nitrogens with zero attached hydrogens (tertiary/aromatic N) is 1. The van der Waals surface area contributed by atoms with Gasteiger partial charge in [-0.2, -0.15) is 0 Å². The summed E-state index contributed by atoms with van der Waals surface area (Å²) < 4.78 is 0.737. The average molecular weight is 292 g/mol. The van der Waals surface area contributed by atoms with E-state index in [9.17, 15) is 4.79 Å². The van der Waals surface area contributed by atoms with Gasteiger partial charge in [-0.05, 0) is 12.1 Å². The maximum atomic E-state index is 10.7. The van der Waals surface area contributed by atoms with Gasteiger partial charge in [-0.3, -0.25) is 0 Å². The lowest BCUT2D eigenvalue weighted by Gasteiger charge is -2.05. The quantitative estimate of drug-likeness (QED) is 0.837. The van der Waals surface area contributed by atoms with E-state index in [2.05, 4.69) is 32.8 Å². The van der Waals surface area contributed by atoms with Gasteiger partial charge in [0.1, 0.15) is 11.0 Å². The van der Waals surface area contributed by atoms with Crippen molar-refractivity contribution >= 4 is 39.3 Å². The fraction of sp³-hybridized carbons (Fsp3) is 0.111. The molecular formula is C9H8BrClN2O2. The third-order valence-electron chi connectivity index (χ3n) is 1.50. The van der Waals surface area contributed by atoms with Gasteiger partial charge in [0.2, 0.25) is 0 Å². The van der Waals surface area contributed by atoms with Crippen LogP contribution in [0.5, 0.6) is 0 Å². The maximum Gasteiger partial charge on any atom is 0.335 e. The number of aromatic carboxylic acids is 1. The zero-order valence-corrected chi connectivity index (χ0v) is 9.97. The second kappa shape index (κ2) is 5.14. The Morgan fingerprint density at radius 1 is 1.67 bits per heavy atom. The molecule has 1 rings (SSSR count). The van der Waals surface area contributed by atoms with Gasteiger partial charge in [0.25, 0.3) is 0 Å². The number of carboxylic acids is 1. The Bertz CT molecular complexity index is 409. The summed E-state index contributed by atoms with van der Waals surface area (Å²) in [7, 11) is 0. The monoisotopic (exact) mass is 290 g/mol. The Balaban J connectivity index is 2.88. The molecule has 0 aromatic carbocycles. The third kappa shape index (κ3) is 3.89. The number of carboxylic acid groups (broad SMARTS) is 1. The summed E-state index contributed by atoms with van der Waals surface area (Å²) in [6.45, 7) is 4.08. The number of hydrogen-bond donors (Lipinski definition) is 2. The number of anilines is 1. The van der Waals surface area contributed by atoms with Gasteiger partial charge in [0.15, 0.2) is 0 Å². The summed E-state index contributed by atoms with van der Waals surface area (Å²) in [4.78, 5) is 14.6. The molecule has 0 aliphatic rings. The van der Waals surface area contributed by atoms with Crippen molar-refractivity contribution in [2.75, 3.05) is 11.9 Å². The first-order valence-corrected chi connectivity index (χ1v) is 5.14. The third-order valence-corrected chi connectivity index (χ3v) is 1.98. The van der Waals surface area contributed by atoms with Crippen LogP contribution in [0.2, 0.25) is 5.15 Å². The van der Waals surface area contributed by atoms with E-state index in [0.29, 0.717) is 12.4 Å². The predicted molar refractivity (Wildman–Crippen MR) is 62.8 cm³/mol. The van der Waals surface area contributed by atoms with Crippen LogP contribution in [0.25, 0.3) is 0 Å². The van der Waals surface area contributed by atoms with Crippen molar-refractivity contribution in [3.8, 4) is 0 Å². The molecule has 0 bridgehead atoms. The van der Waals surface area contributed by atoms with E-state index in [1.165, 1.54) is 12.1 Å². The number of halogens is 2. The van der Waals surface area contributed by atoms with E-state index >= 15 is 0 Å². The SMILES string of the molecule is C=C(Br)CNc1cc(C(=O)O)cc(Cl)n1. The minimum absolute atomic E-state index is 0.0951. The molecule has 1 aromatic rings. The molecule has 2 N–H and O–H groups in total. The lowest BCUT2D eigenvalue weighted by molar-refractivity contribution is 0.0697. The number of aromatic nitrogens is 1. The second-order valence-electron chi connectivity index (χ2n) is 2.74. The standard InChI is InChI=1S/C9H8BrClN2O2/c1-5(10)4-12-8-3-6(9(14)15)2-7(11)13-8/h2-3H,1,4H2,(H,12,13)(H,14,15). The van der Waals surface area contributed by atoms with Gasteiger partial charge in [0, 0.05) is 11.0 Å².